The van der Waals surface area contributed by atoms with Crippen molar-refractivity contribution in [1.82, 2.24) is 4.90 Å². The standard InChI is InChI=1S/C10H19N/c1-8(2)11-7-10(4-5-10)6-9(11)3/h8-9H,4-7H2,1-3H3. The van der Waals surface area contributed by atoms with E-state index in [9.17, 15) is 0 Å². The van der Waals surface area contributed by atoms with Crippen molar-refractivity contribution in [1.29, 1.82) is 0 Å². The van der Waals surface area contributed by atoms with Gasteiger partial charge in [-0.1, -0.05) is 0 Å². The quantitative estimate of drug-likeness (QED) is 0.558. The lowest BCUT2D eigenvalue weighted by Gasteiger charge is -2.25. The number of rotatable bonds is 1. The van der Waals surface area contributed by atoms with Gasteiger partial charge in [0, 0.05) is 18.6 Å². The molecule has 1 spiro atoms. The van der Waals surface area contributed by atoms with E-state index in [-0.39, 0.29) is 0 Å². The predicted molar refractivity (Wildman–Crippen MR) is 47.6 cm³/mol. The van der Waals surface area contributed by atoms with Crippen LogP contribution in [0.3, 0.4) is 0 Å². The summed E-state index contributed by atoms with van der Waals surface area (Å²) in [5, 5.41) is 0. The summed E-state index contributed by atoms with van der Waals surface area (Å²) in [7, 11) is 0. The molecule has 0 bridgehead atoms. The molecule has 2 aliphatic rings. The van der Waals surface area contributed by atoms with Gasteiger partial charge in [-0.15, -0.1) is 0 Å². The SMILES string of the molecule is CC(C)N1CC2(CC2)CC1C. The summed E-state index contributed by atoms with van der Waals surface area (Å²) in [5.41, 5.74) is 0.795. The largest absolute Gasteiger partial charge is 0.298 e. The summed E-state index contributed by atoms with van der Waals surface area (Å²) in [5.74, 6) is 0. The average molecular weight is 153 g/mol. The highest BCUT2D eigenvalue weighted by Gasteiger charge is 2.50. The van der Waals surface area contributed by atoms with Crippen LogP contribution in [0, 0.1) is 5.41 Å². The maximum absolute atomic E-state index is 2.66. The van der Waals surface area contributed by atoms with E-state index in [1.54, 1.807) is 0 Å². The summed E-state index contributed by atoms with van der Waals surface area (Å²) in [6.07, 6.45) is 4.46. The summed E-state index contributed by atoms with van der Waals surface area (Å²) < 4.78 is 0. The van der Waals surface area contributed by atoms with E-state index < -0.39 is 0 Å². The normalized spacial score (nSPS) is 35.5. The minimum absolute atomic E-state index is 0.755. The smallest absolute Gasteiger partial charge is 0.00756 e. The van der Waals surface area contributed by atoms with Crippen molar-refractivity contribution in [2.45, 2.75) is 52.1 Å². The lowest BCUT2D eigenvalue weighted by Crippen LogP contribution is -2.33. The van der Waals surface area contributed by atoms with E-state index in [2.05, 4.69) is 25.7 Å². The maximum atomic E-state index is 2.66. The Labute approximate surface area is 69.8 Å². The molecule has 0 N–H and O–H groups in total. The molecule has 2 fully saturated rings. The van der Waals surface area contributed by atoms with Gasteiger partial charge >= 0.3 is 0 Å². The van der Waals surface area contributed by atoms with Gasteiger partial charge in [0.1, 0.15) is 0 Å². The monoisotopic (exact) mass is 153 g/mol. The fourth-order valence-electron chi connectivity index (χ4n) is 2.58. The molecule has 1 unspecified atom stereocenters. The average Bonchev–Trinajstić information content (AvgIpc) is 2.54. The first-order valence-electron chi connectivity index (χ1n) is 4.89. The number of hydrogen-bond acceptors (Lipinski definition) is 1. The van der Waals surface area contributed by atoms with Gasteiger partial charge in [-0.05, 0) is 45.4 Å². The Bertz CT molecular complexity index is 158. The molecule has 0 amide bonds. The van der Waals surface area contributed by atoms with Gasteiger partial charge in [0.15, 0.2) is 0 Å². The molecule has 1 nitrogen and oxygen atoms in total. The third kappa shape index (κ3) is 1.20. The Morgan fingerprint density at radius 3 is 2.27 bits per heavy atom. The van der Waals surface area contributed by atoms with Crippen LogP contribution in [0.25, 0.3) is 0 Å². The highest BCUT2D eigenvalue weighted by molar-refractivity contribution is 5.03. The van der Waals surface area contributed by atoms with Gasteiger partial charge in [-0.3, -0.25) is 4.90 Å². The molecule has 1 aliphatic carbocycles. The van der Waals surface area contributed by atoms with Crippen LogP contribution >= 0.6 is 0 Å². The molecule has 0 radical (unpaired) electrons. The Balaban J connectivity index is 2.02. The maximum Gasteiger partial charge on any atom is 0.00756 e. The number of nitrogens with zero attached hydrogens (tertiary/aromatic N) is 1. The van der Waals surface area contributed by atoms with Gasteiger partial charge in [0.25, 0.3) is 0 Å². The van der Waals surface area contributed by atoms with Crippen molar-refractivity contribution >= 4 is 0 Å². The van der Waals surface area contributed by atoms with Crippen LogP contribution in [0.1, 0.15) is 40.0 Å². The number of hydrogen-bond donors (Lipinski definition) is 0. The van der Waals surface area contributed by atoms with Crippen molar-refractivity contribution in [3.8, 4) is 0 Å². The first kappa shape index (κ1) is 7.60. The summed E-state index contributed by atoms with van der Waals surface area (Å²) in [4.78, 5) is 2.66. The Morgan fingerprint density at radius 1 is 1.36 bits per heavy atom. The molecule has 1 aliphatic heterocycles. The first-order chi connectivity index (χ1) is 5.13. The van der Waals surface area contributed by atoms with E-state index >= 15 is 0 Å². The van der Waals surface area contributed by atoms with Crippen LogP contribution in [0.4, 0.5) is 0 Å². The molecular formula is C10H19N. The van der Waals surface area contributed by atoms with Crippen molar-refractivity contribution in [2.24, 2.45) is 5.41 Å². The molecule has 0 aromatic carbocycles. The lowest BCUT2D eigenvalue weighted by atomic mass is 10.0. The fourth-order valence-corrected chi connectivity index (χ4v) is 2.58. The van der Waals surface area contributed by atoms with E-state index in [0.29, 0.717) is 0 Å². The van der Waals surface area contributed by atoms with Gasteiger partial charge in [-0.2, -0.15) is 0 Å². The minimum atomic E-state index is 0.755. The first-order valence-corrected chi connectivity index (χ1v) is 4.89. The molecule has 0 aromatic rings. The molecule has 1 heterocycles. The summed E-state index contributed by atoms with van der Waals surface area (Å²) in [6.45, 7) is 8.40. The third-order valence-electron chi connectivity index (χ3n) is 3.43. The Kier molecular flexibility index (Phi) is 1.54. The van der Waals surface area contributed by atoms with Crippen LogP contribution in [0.2, 0.25) is 0 Å². The van der Waals surface area contributed by atoms with E-state index in [4.69, 9.17) is 0 Å². The van der Waals surface area contributed by atoms with Crippen LogP contribution < -0.4 is 0 Å². The number of likely N-dealkylation sites (tertiary alicyclic amines) is 1. The van der Waals surface area contributed by atoms with Crippen LogP contribution in [0.15, 0.2) is 0 Å². The van der Waals surface area contributed by atoms with Crippen LogP contribution in [-0.2, 0) is 0 Å². The van der Waals surface area contributed by atoms with Gasteiger partial charge in [0.05, 0.1) is 0 Å². The molecule has 1 atom stereocenters. The molecule has 64 valence electrons. The molecule has 1 saturated heterocycles. The van der Waals surface area contributed by atoms with E-state index in [0.717, 1.165) is 17.5 Å². The highest BCUT2D eigenvalue weighted by Crippen LogP contribution is 2.54. The summed E-state index contributed by atoms with van der Waals surface area (Å²) in [6, 6.07) is 1.60. The molecule has 2 rings (SSSR count). The van der Waals surface area contributed by atoms with Crippen molar-refractivity contribution in [3.05, 3.63) is 0 Å². The molecule has 0 aromatic heterocycles. The predicted octanol–water partition coefficient (Wildman–Crippen LogP) is 2.27. The van der Waals surface area contributed by atoms with Crippen molar-refractivity contribution < 1.29 is 0 Å². The van der Waals surface area contributed by atoms with Gasteiger partial charge in [-0.25, -0.2) is 0 Å². The minimum Gasteiger partial charge on any atom is -0.298 e. The van der Waals surface area contributed by atoms with Crippen LogP contribution in [-0.4, -0.2) is 23.5 Å². The second-order valence-electron chi connectivity index (χ2n) is 4.82. The topological polar surface area (TPSA) is 3.24 Å². The summed E-state index contributed by atoms with van der Waals surface area (Å²) >= 11 is 0. The van der Waals surface area contributed by atoms with Gasteiger partial charge < -0.3 is 0 Å². The highest BCUT2D eigenvalue weighted by atomic mass is 15.2. The second kappa shape index (κ2) is 2.22. The molecule has 11 heavy (non-hydrogen) atoms. The van der Waals surface area contributed by atoms with Gasteiger partial charge in [0.2, 0.25) is 0 Å². The lowest BCUT2D eigenvalue weighted by molar-refractivity contribution is 0.210. The second-order valence-corrected chi connectivity index (χ2v) is 4.82. The van der Waals surface area contributed by atoms with Crippen molar-refractivity contribution in [3.63, 3.8) is 0 Å². The molecular weight excluding hydrogens is 134 g/mol. The van der Waals surface area contributed by atoms with E-state index in [1.165, 1.54) is 25.8 Å². The Morgan fingerprint density at radius 2 is 2.00 bits per heavy atom. The zero-order valence-corrected chi connectivity index (χ0v) is 7.93. The zero-order valence-electron chi connectivity index (χ0n) is 7.93. The van der Waals surface area contributed by atoms with Crippen LogP contribution in [0.5, 0.6) is 0 Å². The molecule has 1 saturated carbocycles. The third-order valence-corrected chi connectivity index (χ3v) is 3.43. The van der Waals surface area contributed by atoms with Crippen molar-refractivity contribution in [2.75, 3.05) is 6.54 Å². The molecule has 1 heteroatoms. The fraction of sp³-hybridized carbons (Fsp3) is 1.00. The van der Waals surface area contributed by atoms with E-state index in [1.807, 2.05) is 0 Å². The Hall–Kier alpha value is -0.0400. The zero-order chi connectivity index (χ0) is 8.06.